The molecule has 1 unspecified atom stereocenters. The van der Waals surface area contributed by atoms with Crippen LogP contribution in [0.25, 0.3) is 5.82 Å². The van der Waals surface area contributed by atoms with Crippen molar-refractivity contribution in [2.75, 3.05) is 6.54 Å². The van der Waals surface area contributed by atoms with E-state index in [9.17, 15) is 0 Å². The Labute approximate surface area is 148 Å². The highest BCUT2D eigenvalue weighted by Gasteiger charge is 2.27. The first-order valence-electron chi connectivity index (χ1n) is 8.98. The van der Waals surface area contributed by atoms with E-state index in [-0.39, 0.29) is 0 Å². The standard InChI is InChI=1S/C20H23N5/c1-2-19-22-12-14-25(19)20-10-5-8-17(23-20)18-9-6-13-24(18)15-16-7-3-4-11-21-16/h3-5,7-8,10-12,14,18H,2,6,9,13,15H2,1H3. The second-order valence-corrected chi connectivity index (χ2v) is 6.44. The van der Waals surface area contributed by atoms with Crippen LogP contribution in [0.3, 0.4) is 0 Å². The molecule has 3 aromatic rings. The second kappa shape index (κ2) is 7.15. The molecule has 0 aromatic carbocycles. The van der Waals surface area contributed by atoms with Gasteiger partial charge < -0.3 is 0 Å². The minimum Gasteiger partial charge on any atom is -0.289 e. The number of aryl methyl sites for hydroxylation is 1. The van der Waals surface area contributed by atoms with Gasteiger partial charge in [0.25, 0.3) is 0 Å². The maximum Gasteiger partial charge on any atom is 0.138 e. The van der Waals surface area contributed by atoms with Crippen LogP contribution < -0.4 is 0 Å². The Kier molecular flexibility index (Phi) is 4.57. The van der Waals surface area contributed by atoms with E-state index < -0.39 is 0 Å². The summed E-state index contributed by atoms with van der Waals surface area (Å²) in [4.78, 5) is 16.3. The Morgan fingerprint density at radius 1 is 1.08 bits per heavy atom. The Balaban J connectivity index is 1.59. The predicted molar refractivity (Wildman–Crippen MR) is 97.4 cm³/mol. The first kappa shape index (κ1) is 16.0. The summed E-state index contributed by atoms with van der Waals surface area (Å²) in [6.07, 6.45) is 8.95. The summed E-state index contributed by atoms with van der Waals surface area (Å²) >= 11 is 0. The Morgan fingerprint density at radius 2 is 2.04 bits per heavy atom. The molecule has 128 valence electrons. The van der Waals surface area contributed by atoms with Crippen LogP contribution in [-0.4, -0.2) is 31.0 Å². The largest absolute Gasteiger partial charge is 0.289 e. The molecule has 25 heavy (non-hydrogen) atoms. The van der Waals surface area contributed by atoms with E-state index in [2.05, 4.69) is 56.7 Å². The van der Waals surface area contributed by atoms with Gasteiger partial charge in [-0.2, -0.15) is 0 Å². The lowest BCUT2D eigenvalue weighted by molar-refractivity contribution is 0.241. The SMILES string of the molecule is CCc1nccn1-c1cccc(C2CCCN2Cc2ccccn2)n1. The number of likely N-dealkylation sites (tertiary alicyclic amines) is 1. The van der Waals surface area contributed by atoms with Crippen molar-refractivity contribution >= 4 is 0 Å². The van der Waals surface area contributed by atoms with Crippen molar-refractivity contribution in [3.8, 4) is 5.82 Å². The molecular weight excluding hydrogens is 310 g/mol. The second-order valence-electron chi connectivity index (χ2n) is 6.44. The van der Waals surface area contributed by atoms with Crippen molar-refractivity contribution in [3.05, 3.63) is 72.2 Å². The molecule has 4 rings (SSSR count). The van der Waals surface area contributed by atoms with Gasteiger partial charge in [0, 0.05) is 31.6 Å². The van der Waals surface area contributed by atoms with E-state index in [1.54, 1.807) is 0 Å². The molecule has 4 heterocycles. The van der Waals surface area contributed by atoms with Crippen LogP contribution in [0.5, 0.6) is 0 Å². The van der Waals surface area contributed by atoms with E-state index in [0.717, 1.165) is 49.0 Å². The summed E-state index contributed by atoms with van der Waals surface area (Å²) in [6, 6.07) is 12.8. The van der Waals surface area contributed by atoms with Crippen molar-refractivity contribution in [3.63, 3.8) is 0 Å². The molecule has 5 nitrogen and oxygen atoms in total. The highest BCUT2D eigenvalue weighted by atomic mass is 15.2. The normalized spacial score (nSPS) is 17.9. The fourth-order valence-electron chi connectivity index (χ4n) is 3.61. The summed E-state index contributed by atoms with van der Waals surface area (Å²) in [5, 5.41) is 0. The molecule has 1 aliphatic rings. The molecule has 0 spiro atoms. The van der Waals surface area contributed by atoms with Gasteiger partial charge in [0.1, 0.15) is 11.6 Å². The predicted octanol–water partition coefficient (Wildman–Crippen LogP) is 3.56. The quantitative estimate of drug-likeness (QED) is 0.716. The molecule has 0 aliphatic carbocycles. The van der Waals surface area contributed by atoms with Gasteiger partial charge in [-0.05, 0) is 43.7 Å². The summed E-state index contributed by atoms with van der Waals surface area (Å²) < 4.78 is 2.08. The minimum absolute atomic E-state index is 0.357. The molecule has 0 amide bonds. The summed E-state index contributed by atoms with van der Waals surface area (Å²) in [6.45, 7) is 4.09. The van der Waals surface area contributed by atoms with Crippen LogP contribution in [-0.2, 0) is 13.0 Å². The van der Waals surface area contributed by atoms with Crippen LogP contribution in [0.1, 0.15) is 43.0 Å². The third-order valence-corrected chi connectivity index (χ3v) is 4.83. The Bertz CT molecular complexity index is 827. The van der Waals surface area contributed by atoms with Crippen molar-refractivity contribution in [1.82, 2.24) is 24.4 Å². The fourth-order valence-corrected chi connectivity index (χ4v) is 3.61. The third kappa shape index (κ3) is 3.33. The van der Waals surface area contributed by atoms with Crippen molar-refractivity contribution in [1.29, 1.82) is 0 Å². The highest BCUT2D eigenvalue weighted by molar-refractivity contribution is 5.28. The van der Waals surface area contributed by atoms with E-state index in [0.29, 0.717) is 6.04 Å². The van der Waals surface area contributed by atoms with E-state index >= 15 is 0 Å². The number of imidazole rings is 1. The van der Waals surface area contributed by atoms with Crippen LogP contribution in [0.4, 0.5) is 0 Å². The summed E-state index contributed by atoms with van der Waals surface area (Å²) in [5.74, 6) is 2.00. The van der Waals surface area contributed by atoms with Crippen LogP contribution in [0.15, 0.2) is 55.0 Å². The topological polar surface area (TPSA) is 46.8 Å². The van der Waals surface area contributed by atoms with Crippen LogP contribution >= 0.6 is 0 Å². The zero-order valence-electron chi connectivity index (χ0n) is 14.5. The van der Waals surface area contributed by atoms with E-state index in [1.165, 1.54) is 6.42 Å². The zero-order valence-corrected chi connectivity index (χ0v) is 14.5. The molecule has 1 atom stereocenters. The number of hydrogen-bond donors (Lipinski definition) is 0. The Hall–Kier alpha value is -2.53. The van der Waals surface area contributed by atoms with Crippen LogP contribution in [0, 0.1) is 0 Å². The molecule has 3 aromatic heterocycles. The van der Waals surface area contributed by atoms with Gasteiger partial charge in [-0.25, -0.2) is 9.97 Å². The summed E-state index contributed by atoms with van der Waals surface area (Å²) in [5.41, 5.74) is 2.26. The smallest absolute Gasteiger partial charge is 0.138 e. The maximum atomic E-state index is 4.96. The minimum atomic E-state index is 0.357. The van der Waals surface area contributed by atoms with E-state index in [4.69, 9.17) is 4.98 Å². The fraction of sp³-hybridized carbons (Fsp3) is 0.350. The molecular formula is C20H23N5. The van der Waals surface area contributed by atoms with Crippen molar-refractivity contribution in [2.24, 2.45) is 0 Å². The third-order valence-electron chi connectivity index (χ3n) is 4.83. The van der Waals surface area contributed by atoms with Gasteiger partial charge in [0.05, 0.1) is 17.4 Å². The average Bonchev–Trinajstić information content (AvgIpc) is 3.32. The number of hydrogen-bond acceptors (Lipinski definition) is 4. The monoisotopic (exact) mass is 333 g/mol. The molecule has 0 N–H and O–H groups in total. The first-order chi connectivity index (χ1) is 12.3. The van der Waals surface area contributed by atoms with Gasteiger partial charge in [0.2, 0.25) is 0 Å². The van der Waals surface area contributed by atoms with Gasteiger partial charge in [-0.15, -0.1) is 0 Å². The lowest BCUT2D eigenvalue weighted by atomic mass is 10.1. The average molecular weight is 333 g/mol. The van der Waals surface area contributed by atoms with Gasteiger partial charge in [-0.3, -0.25) is 14.5 Å². The highest BCUT2D eigenvalue weighted by Crippen LogP contribution is 2.32. The number of pyridine rings is 2. The van der Waals surface area contributed by atoms with Gasteiger partial charge in [-0.1, -0.05) is 19.1 Å². The van der Waals surface area contributed by atoms with Crippen LogP contribution in [0.2, 0.25) is 0 Å². The zero-order chi connectivity index (χ0) is 17.1. The molecule has 5 heteroatoms. The number of rotatable bonds is 5. The molecule has 0 saturated carbocycles. The summed E-state index contributed by atoms with van der Waals surface area (Å²) in [7, 11) is 0. The first-order valence-corrected chi connectivity index (χ1v) is 8.98. The van der Waals surface area contributed by atoms with Crippen molar-refractivity contribution in [2.45, 2.75) is 38.8 Å². The number of aromatic nitrogens is 4. The lowest BCUT2D eigenvalue weighted by Crippen LogP contribution is -2.24. The Morgan fingerprint density at radius 3 is 2.88 bits per heavy atom. The number of nitrogens with zero attached hydrogens (tertiary/aromatic N) is 5. The molecule has 0 radical (unpaired) electrons. The van der Waals surface area contributed by atoms with E-state index in [1.807, 2.05) is 24.7 Å². The molecule has 1 aliphatic heterocycles. The molecule has 0 bridgehead atoms. The van der Waals surface area contributed by atoms with Gasteiger partial charge in [0.15, 0.2) is 0 Å². The van der Waals surface area contributed by atoms with Crippen molar-refractivity contribution < 1.29 is 0 Å². The van der Waals surface area contributed by atoms with Gasteiger partial charge >= 0.3 is 0 Å². The maximum absolute atomic E-state index is 4.96. The molecule has 1 saturated heterocycles. The molecule has 1 fully saturated rings. The lowest BCUT2D eigenvalue weighted by Gasteiger charge is -2.24.